The van der Waals surface area contributed by atoms with Gasteiger partial charge >= 0.3 is 0 Å². The van der Waals surface area contributed by atoms with E-state index in [-0.39, 0.29) is 17.7 Å². The molecule has 4 atom stereocenters. The van der Waals surface area contributed by atoms with E-state index in [4.69, 9.17) is 0 Å². The topological polar surface area (TPSA) is 61.4 Å². The molecule has 1 aromatic carbocycles. The van der Waals surface area contributed by atoms with Crippen molar-refractivity contribution in [2.75, 3.05) is 13.1 Å². The summed E-state index contributed by atoms with van der Waals surface area (Å²) in [6.45, 7) is 5.63. The molecule has 2 amide bonds. The fourth-order valence-corrected chi connectivity index (χ4v) is 3.84. The van der Waals surface area contributed by atoms with Gasteiger partial charge in [-0.05, 0) is 37.3 Å². The molecule has 0 spiro atoms. The second kappa shape index (κ2) is 8.00. The summed E-state index contributed by atoms with van der Waals surface area (Å²) in [6.07, 6.45) is 4.21. The van der Waals surface area contributed by atoms with E-state index in [1.807, 2.05) is 30.0 Å². The summed E-state index contributed by atoms with van der Waals surface area (Å²) in [5, 5.41) is 6.60. The first-order chi connectivity index (χ1) is 12.1. The maximum atomic E-state index is 13.2. The summed E-state index contributed by atoms with van der Waals surface area (Å²) in [5.74, 6) is -0.00439. The molecule has 0 aliphatic carbocycles. The van der Waals surface area contributed by atoms with Gasteiger partial charge in [0.05, 0.1) is 0 Å². The van der Waals surface area contributed by atoms with E-state index in [0.29, 0.717) is 17.6 Å². The number of likely N-dealkylation sites (tertiary alicyclic amines) is 1. The van der Waals surface area contributed by atoms with Crippen LogP contribution in [0.1, 0.15) is 49.9 Å². The molecule has 0 aromatic heterocycles. The molecule has 0 saturated carbocycles. The molecule has 1 aromatic rings. The minimum absolute atomic E-state index is 0.0629. The Kier molecular flexibility index (Phi) is 5.74. The van der Waals surface area contributed by atoms with Crippen LogP contribution in [-0.2, 0) is 4.79 Å². The zero-order valence-corrected chi connectivity index (χ0v) is 15.2. The summed E-state index contributed by atoms with van der Waals surface area (Å²) >= 11 is 0. The average molecular weight is 343 g/mol. The number of nitrogens with one attached hydrogen (secondary N) is 2. The lowest BCUT2D eigenvalue weighted by Gasteiger charge is -2.31. The normalized spacial score (nSPS) is 25.1. The lowest BCUT2D eigenvalue weighted by Crippen LogP contribution is -2.53. The summed E-state index contributed by atoms with van der Waals surface area (Å²) in [5.41, 5.74) is 0.597. The van der Waals surface area contributed by atoms with Gasteiger partial charge in [-0.15, -0.1) is 0 Å². The van der Waals surface area contributed by atoms with Gasteiger partial charge in [-0.1, -0.05) is 38.5 Å². The van der Waals surface area contributed by atoms with Gasteiger partial charge in [0.15, 0.2) is 0 Å². The Bertz CT molecular complexity index is 604. The van der Waals surface area contributed by atoms with E-state index in [1.54, 1.807) is 12.1 Å². The molecule has 5 nitrogen and oxygen atoms in total. The smallest absolute Gasteiger partial charge is 0.251 e. The van der Waals surface area contributed by atoms with Gasteiger partial charge in [-0.3, -0.25) is 9.59 Å². The van der Waals surface area contributed by atoms with E-state index in [0.717, 1.165) is 32.4 Å². The van der Waals surface area contributed by atoms with Gasteiger partial charge in [0.25, 0.3) is 5.91 Å². The zero-order chi connectivity index (χ0) is 17.8. The SMILES string of the molecule is CCC(C)C(NC(=O)c1ccccc1)C(=O)N1CCC2CCC(C1)N2. The number of hydrogen-bond acceptors (Lipinski definition) is 3. The monoisotopic (exact) mass is 343 g/mol. The van der Waals surface area contributed by atoms with Gasteiger partial charge in [0.2, 0.25) is 5.91 Å². The highest BCUT2D eigenvalue weighted by Crippen LogP contribution is 2.22. The molecule has 2 saturated heterocycles. The van der Waals surface area contributed by atoms with Crippen molar-refractivity contribution in [1.29, 1.82) is 0 Å². The first kappa shape index (κ1) is 17.9. The van der Waals surface area contributed by atoms with Gasteiger partial charge in [0, 0.05) is 30.7 Å². The maximum absolute atomic E-state index is 13.2. The summed E-state index contributed by atoms with van der Waals surface area (Å²) in [4.78, 5) is 27.7. The largest absolute Gasteiger partial charge is 0.340 e. The Morgan fingerprint density at radius 1 is 1.20 bits per heavy atom. The highest BCUT2D eigenvalue weighted by atomic mass is 16.2. The predicted octanol–water partition coefficient (Wildman–Crippen LogP) is 2.18. The summed E-state index contributed by atoms with van der Waals surface area (Å²) in [6, 6.07) is 9.60. The average Bonchev–Trinajstić information content (AvgIpc) is 2.97. The van der Waals surface area contributed by atoms with E-state index in [9.17, 15) is 9.59 Å². The molecule has 136 valence electrons. The highest BCUT2D eigenvalue weighted by molar-refractivity contribution is 5.97. The molecule has 2 fully saturated rings. The minimum atomic E-state index is -0.464. The van der Waals surface area contributed by atoms with Crippen LogP contribution < -0.4 is 10.6 Å². The molecule has 25 heavy (non-hydrogen) atoms. The first-order valence-corrected chi connectivity index (χ1v) is 9.49. The van der Waals surface area contributed by atoms with Crippen LogP contribution in [0.2, 0.25) is 0 Å². The van der Waals surface area contributed by atoms with Crippen molar-refractivity contribution in [3.8, 4) is 0 Å². The van der Waals surface area contributed by atoms with Crippen molar-refractivity contribution >= 4 is 11.8 Å². The van der Waals surface area contributed by atoms with Crippen LogP contribution in [0, 0.1) is 5.92 Å². The molecule has 4 unspecified atom stereocenters. The number of benzene rings is 1. The number of carbonyl (C=O) groups is 2. The Balaban J connectivity index is 1.71. The van der Waals surface area contributed by atoms with Crippen molar-refractivity contribution in [3.63, 3.8) is 0 Å². The Labute approximate surface area is 150 Å². The molecule has 2 N–H and O–H groups in total. The standard InChI is InChI=1S/C20H29N3O2/c1-3-14(2)18(22-19(24)15-7-5-4-6-8-15)20(25)23-12-11-16-9-10-17(13-23)21-16/h4-8,14,16-18,21H,3,9-13H2,1-2H3,(H,22,24). The number of hydrogen-bond donors (Lipinski definition) is 2. The Hall–Kier alpha value is -1.88. The van der Waals surface area contributed by atoms with Crippen LogP contribution in [0.4, 0.5) is 0 Å². The van der Waals surface area contributed by atoms with Gasteiger partial charge in [0.1, 0.15) is 6.04 Å². The van der Waals surface area contributed by atoms with Crippen molar-refractivity contribution in [2.24, 2.45) is 5.92 Å². The molecule has 2 heterocycles. The molecule has 2 aliphatic heterocycles. The van der Waals surface area contributed by atoms with Crippen molar-refractivity contribution in [1.82, 2.24) is 15.5 Å². The number of nitrogens with zero attached hydrogens (tertiary/aromatic N) is 1. The van der Waals surface area contributed by atoms with Gasteiger partial charge in [-0.25, -0.2) is 0 Å². The Morgan fingerprint density at radius 2 is 1.92 bits per heavy atom. The number of carbonyl (C=O) groups excluding carboxylic acids is 2. The quantitative estimate of drug-likeness (QED) is 0.861. The molecule has 2 bridgehead atoms. The molecular formula is C20H29N3O2. The van der Waals surface area contributed by atoms with Crippen molar-refractivity contribution in [3.05, 3.63) is 35.9 Å². The lowest BCUT2D eigenvalue weighted by molar-refractivity contribution is -0.134. The summed E-state index contributed by atoms with van der Waals surface area (Å²) < 4.78 is 0. The second-order valence-electron chi connectivity index (χ2n) is 7.41. The van der Waals surface area contributed by atoms with E-state index >= 15 is 0 Å². The van der Waals surface area contributed by atoms with E-state index in [2.05, 4.69) is 17.6 Å². The van der Waals surface area contributed by atoms with Crippen molar-refractivity contribution < 1.29 is 9.59 Å². The highest BCUT2D eigenvalue weighted by Gasteiger charge is 2.35. The van der Waals surface area contributed by atoms with Crippen LogP contribution in [0.3, 0.4) is 0 Å². The summed E-state index contributed by atoms with van der Waals surface area (Å²) in [7, 11) is 0. The molecular weight excluding hydrogens is 314 g/mol. The fourth-order valence-electron chi connectivity index (χ4n) is 3.84. The molecule has 3 rings (SSSR count). The zero-order valence-electron chi connectivity index (χ0n) is 15.2. The van der Waals surface area contributed by atoms with Crippen LogP contribution in [-0.4, -0.2) is 47.9 Å². The van der Waals surface area contributed by atoms with Crippen LogP contribution in [0.15, 0.2) is 30.3 Å². The van der Waals surface area contributed by atoms with Crippen LogP contribution >= 0.6 is 0 Å². The molecule has 5 heteroatoms. The van der Waals surface area contributed by atoms with Gasteiger partial charge < -0.3 is 15.5 Å². The molecule has 0 radical (unpaired) electrons. The third-order valence-corrected chi connectivity index (χ3v) is 5.64. The fraction of sp³-hybridized carbons (Fsp3) is 0.600. The third-order valence-electron chi connectivity index (χ3n) is 5.64. The number of amides is 2. The van der Waals surface area contributed by atoms with Gasteiger partial charge in [-0.2, -0.15) is 0 Å². The predicted molar refractivity (Wildman–Crippen MR) is 98.3 cm³/mol. The third kappa shape index (κ3) is 4.21. The minimum Gasteiger partial charge on any atom is -0.340 e. The Morgan fingerprint density at radius 3 is 2.64 bits per heavy atom. The van der Waals surface area contributed by atoms with Crippen molar-refractivity contribution in [2.45, 2.75) is 57.7 Å². The second-order valence-corrected chi connectivity index (χ2v) is 7.41. The number of rotatable bonds is 5. The number of fused-ring (bicyclic) bond motifs is 2. The molecule has 2 aliphatic rings. The lowest BCUT2D eigenvalue weighted by atomic mass is 9.96. The van der Waals surface area contributed by atoms with Crippen LogP contribution in [0.25, 0.3) is 0 Å². The van der Waals surface area contributed by atoms with Crippen LogP contribution in [0.5, 0.6) is 0 Å². The van der Waals surface area contributed by atoms with E-state index in [1.165, 1.54) is 6.42 Å². The maximum Gasteiger partial charge on any atom is 0.251 e. The first-order valence-electron chi connectivity index (χ1n) is 9.49. The van der Waals surface area contributed by atoms with E-state index < -0.39 is 6.04 Å².